The zero-order chi connectivity index (χ0) is 35.6. The lowest BCUT2D eigenvalue weighted by Crippen LogP contribution is -2.53. The van der Waals surface area contributed by atoms with Crippen LogP contribution in [0, 0.1) is 0 Å². The molecule has 272 valence electrons. The maximum atomic E-state index is 14.1. The molecule has 3 aliphatic heterocycles. The van der Waals surface area contributed by atoms with Crippen LogP contribution in [0.4, 0.5) is 51.2 Å². The van der Waals surface area contributed by atoms with Gasteiger partial charge in [0.15, 0.2) is 5.75 Å². The number of rotatable bonds is 10. The second-order valence-corrected chi connectivity index (χ2v) is 13.4. The van der Waals surface area contributed by atoms with Gasteiger partial charge in [0, 0.05) is 88.6 Å². The van der Waals surface area contributed by atoms with E-state index in [0.29, 0.717) is 42.6 Å². The average Bonchev–Trinajstić information content (AvgIpc) is 3.09. The van der Waals surface area contributed by atoms with Crippen molar-refractivity contribution in [2.24, 2.45) is 0 Å². The fourth-order valence-electron chi connectivity index (χ4n) is 7.34. The Hall–Kier alpha value is -4.18. The summed E-state index contributed by atoms with van der Waals surface area (Å²) in [7, 11) is 2.12. The summed E-state index contributed by atoms with van der Waals surface area (Å²) in [4.78, 5) is 45.1. The molecule has 2 aromatic rings. The standard InChI is InChI=1S/C34H45F4N9O3/c1-4-29(48)40-25-18-26(28(50-31(35)36)19-27(25)46-12-8-23(9-13-46)45-16-14-43(3)15-17-45)41-32-39-20-22-21-44(5-2)33(49)47(30(22)42-32)24-6-10-34(37,38)11-7-24/h4,18-20,23-24,31H,1,5-17,21H2,2-3H3,(H,40,48)(H,39,41,42). The van der Waals surface area contributed by atoms with Gasteiger partial charge in [-0.2, -0.15) is 13.8 Å². The first-order chi connectivity index (χ1) is 23.9. The van der Waals surface area contributed by atoms with Crippen LogP contribution >= 0.6 is 0 Å². The zero-order valence-corrected chi connectivity index (χ0v) is 28.5. The molecular formula is C34H45F4N9O3. The van der Waals surface area contributed by atoms with Crippen molar-refractivity contribution in [3.63, 3.8) is 0 Å². The highest BCUT2D eigenvalue weighted by molar-refractivity contribution is 6.02. The van der Waals surface area contributed by atoms with Gasteiger partial charge in [-0.25, -0.2) is 18.6 Å². The normalized spacial score (nSPS) is 20.9. The first-order valence-corrected chi connectivity index (χ1v) is 17.3. The van der Waals surface area contributed by atoms with Gasteiger partial charge in [-0.15, -0.1) is 0 Å². The maximum Gasteiger partial charge on any atom is 0.387 e. The Bertz CT molecular complexity index is 1550. The zero-order valence-electron chi connectivity index (χ0n) is 28.5. The number of amides is 3. The number of hydrogen-bond donors (Lipinski definition) is 2. The van der Waals surface area contributed by atoms with Crippen LogP contribution in [0.5, 0.6) is 5.75 Å². The van der Waals surface area contributed by atoms with E-state index in [2.05, 4.69) is 48.9 Å². The van der Waals surface area contributed by atoms with Crippen molar-refractivity contribution < 1.29 is 31.9 Å². The third-order valence-corrected chi connectivity index (χ3v) is 10.2. The maximum absolute atomic E-state index is 14.1. The van der Waals surface area contributed by atoms with Gasteiger partial charge in [0.2, 0.25) is 17.8 Å². The van der Waals surface area contributed by atoms with Gasteiger partial charge in [-0.05, 0) is 51.8 Å². The summed E-state index contributed by atoms with van der Waals surface area (Å²) >= 11 is 0. The van der Waals surface area contributed by atoms with Crippen LogP contribution in [0.3, 0.4) is 0 Å². The van der Waals surface area contributed by atoms with Gasteiger partial charge in [-0.1, -0.05) is 6.58 Å². The minimum atomic E-state index is -3.15. The summed E-state index contributed by atoms with van der Waals surface area (Å²) < 4.78 is 60.7. The van der Waals surface area contributed by atoms with Crippen molar-refractivity contribution >= 4 is 40.8 Å². The van der Waals surface area contributed by atoms with E-state index in [-0.39, 0.29) is 61.5 Å². The van der Waals surface area contributed by atoms with Crippen molar-refractivity contribution in [3.05, 3.63) is 36.5 Å². The Morgan fingerprint density at radius 2 is 1.76 bits per heavy atom. The predicted octanol–water partition coefficient (Wildman–Crippen LogP) is 5.50. The summed E-state index contributed by atoms with van der Waals surface area (Å²) in [5.41, 5.74) is 1.57. The number of ether oxygens (including phenoxy) is 1. The number of anilines is 5. The lowest BCUT2D eigenvalue weighted by molar-refractivity contribution is -0.111. The van der Waals surface area contributed by atoms with E-state index in [1.807, 2.05) is 6.92 Å². The number of likely N-dealkylation sites (N-methyl/N-ethyl adjacent to an activating group) is 1. The first-order valence-electron chi connectivity index (χ1n) is 17.3. The molecular weight excluding hydrogens is 658 g/mol. The Labute approximate surface area is 289 Å². The van der Waals surface area contributed by atoms with E-state index in [9.17, 15) is 27.2 Å². The Morgan fingerprint density at radius 1 is 1.06 bits per heavy atom. The summed E-state index contributed by atoms with van der Waals surface area (Å²) in [6.07, 6.45) is 3.94. The van der Waals surface area contributed by atoms with Gasteiger partial charge < -0.3 is 30.1 Å². The molecule has 6 rings (SSSR count). The lowest BCUT2D eigenvalue weighted by atomic mass is 9.90. The van der Waals surface area contributed by atoms with Crippen LogP contribution in [0.2, 0.25) is 0 Å². The second kappa shape index (κ2) is 15.0. The molecule has 3 amide bonds. The number of alkyl halides is 4. The molecule has 3 fully saturated rings. The van der Waals surface area contributed by atoms with Gasteiger partial charge in [0.1, 0.15) is 5.82 Å². The van der Waals surface area contributed by atoms with Crippen LogP contribution in [-0.2, 0) is 11.3 Å². The molecule has 12 nitrogen and oxygen atoms in total. The number of fused-ring (bicyclic) bond motifs is 1. The molecule has 1 aromatic carbocycles. The number of urea groups is 1. The molecule has 1 aromatic heterocycles. The minimum absolute atomic E-state index is 0.0199. The topological polar surface area (TPSA) is 109 Å². The van der Waals surface area contributed by atoms with Crippen molar-refractivity contribution in [1.82, 2.24) is 24.7 Å². The van der Waals surface area contributed by atoms with E-state index in [0.717, 1.165) is 45.1 Å². The summed E-state index contributed by atoms with van der Waals surface area (Å²) in [6, 6.07) is 2.55. The highest BCUT2D eigenvalue weighted by Crippen LogP contribution is 2.42. The number of carbonyl (C=O) groups excluding carboxylic acids is 2. The number of piperidine rings is 1. The van der Waals surface area contributed by atoms with E-state index < -0.39 is 24.5 Å². The van der Waals surface area contributed by atoms with Crippen LogP contribution < -0.4 is 25.2 Å². The first kappa shape index (κ1) is 35.6. The quantitative estimate of drug-likeness (QED) is 0.245. The van der Waals surface area contributed by atoms with E-state index in [4.69, 9.17) is 4.74 Å². The second-order valence-electron chi connectivity index (χ2n) is 13.4. The SMILES string of the molecule is C=CC(=O)Nc1cc(Nc2ncc3c(n2)N(C2CCC(F)(F)CC2)C(=O)N(CC)C3)c(OC(F)F)cc1N1CCC(N2CCN(C)CC2)CC1. The van der Waals surface area contributed by atoms with Crippen LogP contribution in [0.1, 0.15) is 51.0 Å². The summed E-state index contributed by atoms with van der Waals surface area (Å²) in [5, 5.41) is 5.77. The number of benzene rings is 1. The molecule has 50 heavy (non-hydrogen) atoms. The van der Waals surface area contributed by atoms with Crippen molar-refractivity contribution in [2.75, 3.05) is 73.3 Å². The number of hydrogen-bond acceptors (Lipinski definition) is 9. The molecule has 0 atom stereocenters. The van der Waals surface area contributed by atoms with Crippen LogP contribution in [-0.4, -0.2) is 114 Å². The summed E-state index contributed by atoms with van der Waals surface area (Å²) in [5.74, 6) is -3.19. The van der Waals surface area contributed by atoms with Crippen LogP contribution in [0.25, 0.3) is 0 Å². The Kier molecular flexibility index (Phi) is 10.7. The molecule has 1 saturated carbocycles. The number of nitrogens with one attached hydrogen (secondary N) is 2. The third-order valence-electron chi connectivity index (χ3n) is 10.2. The van der Waals surface area contributed by atoms with Gasteiger partial charge in [-0.3, -0.25) is 14.6 Å². The van der Waals surface area contributed by atoms with Gasteiger partial charge >= 0.3 is 12.6 Å². The Balaban J connectivity index is 1.30. The largest absolute Gasteiger partial charge is 0.433 e. The monoisotopic (exact) mass is 703 g/mol. The Morgan fingerprint density at radius 3 is 2.40 bits per heavy atom. The molecule has 2 saturated heterocycles. The number of carbonyl (C=O) groups is 2. The molecule has 2 N–H and O–H groups in total. The fraction of sp³-hybridized carbons (Fsp3) is 0.588. The molecule has 4 aliphatic rings. The van der Waals surface area contributed by atoms with Gasteiger partial charge in [0.25, 0.3) is 0 Å². The van der Waals surface area contributed by atoms with Gasteiger partial charge in [0.05, 0.1) is 23.6 Å². The van der Waals surface area contributed by atoms with E-state index in [1.165, 1.54) is 23.2 Å². The highest BCUT2D eigenvalue weighted by atomic mass is 19.3. The molecule has 0 radical (unpaired) electrons. The smallest absolute Gasteiger partial charge is 0.387 e. The molecule has 4 heterocycles. The summed E-state index contributed by atoms with van der Waals surface area (Å²) in [6.45, 7) is 8.20. The number of halogens is 4. The van der Waals surface area contributed by atoms with Crippen molar-refractivity contribution in [1.29, 1.82) is 0 Å². The molecule has 0 spiro atoms. The average molecular weight is 704 g/mol. The molecule has 16 heteroatoms. The van der Waals surface area contributed by atoms with E-state index in [1.54, 1.807) is 4.90 Å². The van der Waals surface area contributed by atoms with Crippen molar-refractivity contribution in [3.8, 4) is 5.75 Å². The number of piperazine rings is 1. The number of nitrogens with zero attached hydrogens (tertiary/aromatic N) is 7. The lowest BCUT2D eigenvalue weighted by Gasteiger charge is -2.43. The fourth-order valence-corrected chi connectivity index (χ4v) is 7.34. The molecule has 1 aliphatic carbocycles. The molecule has 0 unspecified atom stereocenters. The molecule has 0 bridgehead atoms. The third kappa shape index (κ3) is 7.90. The highest BCUT2D eigenvalue weighted by Gasteiger charge is 2.42. The number of aromatic nitrogens is 2. The van der Waals surface area contributed by atoms with Crippen molar-refractivity contribution in [2.45, 2.75) is 76.6 Å². The van der Waals surface area contributed by atoms with Crippen LogP contribution in [0.15, 0.2) is 31.0 Å². The minimum Gasteiger partial charge on any atom is -0.433 e. The van der Waals surface area contributed by atoms with E-state index >= 15 is 0 Å². The predicted molar refractivity (Wildman–Crippen MR) is 183 cm³/mol.